The minimum Gasteiger partial charge on any atom is -0.497 e. The van der Waals surface area contributed by atoms with Gasteiger partial charge in [-0.1, -0.05) is 0 Å². The molecule has 2 heterocycles. The lowest BCUT2D eigenvalue weighted by molar-refractivity contribution is 0.0274. The highest BCUT2D eigenvalue weighted by molar-refractivity contribution is 7.80. The zero-order valence-corrected chi connectivity index (χ0v) is 12.8. The molecule has 2 aromatic rings. The van der Waals surface area contributed by atoms with Gasteiger partial charge in [-0.3, -0.25) is 0 Å². The van der Waals surface area contributed by atoms with E-state index >= 15 is 0 Å². The summed E-state index contributed by atoms with van der Waals surface area (Å²) < 4.78 is 10.8. The van der Waals surface area contributed by atoms with Crippen molar-refractivity contribution in [3.63, 3.8) is 0 Å². The van der Waals surface area contributed by atoms with Crippen molar-refractivity contribution in [1.29, 1.82) is 0 Å². The Bertz CT molecular complexity index is 655. The quantitative estimate of drug-likeness (QED) is 0.845. The number of benzene rings is 1. The molecule has 1 unspecified atom stereocenters. The van der Waals surface area contributed by atoms with Gasteiger partial charge in [0, 0.05) is 29.7 Å². The zero-order valence-electron chi connectivity index (χ0n) is 12.0. The number of H-pyrrole nitrogens is 1. The predicted molar refractivity (Wildman–Crippen MR) is 86.7 cm³/mol. The Kier molecular flexibility index (Phi) is 3.98. The third kappa shape index (κ3) is 2.82. The van der Waals surface area contributed by atoms with Gasteiger partial charge in [0.2, 0.25) is 0 Å². The van der Waals surface area contributed by atoms with Gasteiger partial charge >= 0.3 is 0 Å². The summed E-state index contributed by atoms with van der Waals surface area (Å²) in [6.45, 7) is 2.09. The standard InChI is InChI=1S/C15H19N3O2S/c1-19-12-2-3-13-10(8-17-14(13)7-12)6-11-9-20-5-4-18(11)15(16)21/h2-3,7-8,11,17H,4-6,9H2,1H3,(H2,16,21). The van der Waals surface area contributed by atoms with Crippen LogP contribution in [0.25, 0.3) is 10.9 Å². The second-order valence-corrected chi connectivity index (χ2v) is 5.61. The van der Waals surface area contributed by atoms with Crippen LogP contribution in [0.1, 0.15) is 5.56 Å². The molecule has 1 saturated heterocycles. The molecule has 0 bridgehead atoms. The molecule has 1 aromatic heterocycles. The SMILES string of the molecule is COc1ccc2c(CC3COCCN3C(N)=S)c[nH]c2c1. The van der Waals surface area contributed by atoms with Gasteiger partial charge in [-0.15, -0.1) is 0 Å². The van der Waals surface area contributed by atoms with E-state index in [1.165, 1.54) is 10.9 Å². The van der Waals surface area contributed by atoms with Crippen LogP contribution >= 0.6 is 12.2 Å². The Morgan fingerprint density at radius 2 is 2.43 bits per heavy atom. The number of morpholine rings is 1. The maximum absolute atomic E-state index is 5.81. The molecule has 112 valence electrons. The van der Waals surface area contributed by atoms with Crippen molar-refractivity contribution in [2.24, 2.45) is 5.73 Å². The lowest BCUT2D eigenvalue weighted by atomic mass is 10.0. The highest BCUT2D eigenvalue weighted by Crippen LogP contribution is 2.25. The van der Waals surface area contributed by atoms with Gasteiger partial charge in [0.25, 0.3) is 0 Å². The van der Waals surface area contributed by atoms with Gasteiger partial charge in [0.1, 0.15) is 5.75 Å². The van der Waals surface area contributed by atoms with Gasteiger partial charge in [0.05, 0.1) is 26.4 Å². The summed E-state index contributed by atoms with van der Waals surface area (Å²) >= 11 is 5.14. The summed E-state index contributed by atoms with van der Waals surface area (Å²) in [6, 6.07) is 6.25. The number of hydrogen-bond donors (Lipinski definition) is 2. The molecule has 0 radical (unpaired) electrons. The van der Waals surface area contributed by atoms with Gasteiger partial charge in [-0.05, 0) is 36.3 Å². The number of nitrogens with one attached hydrogen (secondary N) is 1. The molecule has 1 aromatic carbocycles. The number of aromatic nitrogens is 1. The number of nitrogens with zero attached hydrogens (tertiary/aromatic N) is 1. The molecule has 5 nitrogen and oxygen atoms in total. The summed E-state index contributed by atoms with van der Waals surface area (Å²) in [5.74, 6) is 0.849. The van der Waals surface area contributed by atoms with Gasteiger partial charge in [-0.25, -0.2) is 0 Å². The zero-order chi connectivity index (χ0) is 14.8. The molecular formula is C15H19N3O2S. The molecule has 1 aliphatic rings. The molecular weight excluding hydrogens is 286 g/mol. The lowest BCUT2D eigenvalue weighted by Crippen LogP contribution is -2.51. The molecule has 0 saturated carbocycles. The van der Waals surface area contributed by atoms with Crippen LogP contribution in [-0.2, 0) is 11.2 Å². The average molecular weight is 305 g/mol. The highest BCUT2D eigenvalue weighted by Gasteiger charge is 2.25. The fourth-order valence-electron chi connectivity index (χ4n) is 2.83. The molecule has 0 amide bonds. The van der Waals surface area contributed by atoms with Crippen molar-refractivity contribution in [2.45, 2.75) is 12.5 Å². The maximum Gasteiger partial charge on any atom is 0.166 e. The van der Waals surface area contributed by atoms with Crippen LogP contribution in [0.15, 0.2) is 24.4 Å². The van der Waals surface area contributed by atoms with Gasteiger partial charge in [0.15, 0.2) is 5.11 Å². The average Bonchev–Trinajstić information content (AvgIpc) is 2.90. The maximum atomic E-state index is 5.81. The normalized spacial score (nSPS) is 18.9. The van der Waals surface area contributed by atoms with Crippen molar-refractivity contribution in [3.8, 4) is 5.75 Å². The smallest absolute Gasteiger partial charge is 0.166 e. The van der Waals surface area contributed by atoms with E-state index in [-0.39, 0.29) is 6.04 Å². The number of methoxy groups -OCH3 is 1. The third-order valence-electron chi connectivity index (χ3n) is 3.94. The van der Waals surface area contributed by atoms with Gasteiger partial charge in [-0.2, -0.15) is 0 Å². The van der Waals surface area contributed by atoms with Crippen LogP contribution in [0.3, 0.4) is 0 Å². The summed E-state index contributed by atoms with van der Waals surface area (Å²) in [5.41, 5.74) is 8.13. The summed E-state index contributed by atoms with van der Waals surface area (Å²) in [4.78, 5) is 5.35. The van der Waals surface area contributed by atoms with Crippen molar-refractivity contribution in [3.05, 3.63) is 30.0 Å². The largest absolute Gasteiger partial charge is 0.497 e. The Labute approximate surface area is 129 Å². The van der Waals surface area contributed by atoms with Gasteiger partial charge < -0.3 is 25.1 Å². The number of nitrogens with two attached hydrogens (primary N) is 1. The Morgan fingerprint density at radius 3 is 3.19 bits per heavy atom. The molecule has 6 heteroatoms. The molecule has 1 atom stereocenters. The van der Waals surface area contributed by atoms with E-state index in [1.807, 2.05) is 18.3 Å². The number of aromatic amines is 1. The second kappa shape index (κ2) is 5.91. The van der Waals surface area contributed by atoms with Crippen LogP contribution in [0.2, 0.25) is 0 Å². The monoisotopic (exact) mass is 305 g/mol. The molecule has 0 spiro atoms. The number of hydrogen-bond acceptors (Lipinski definition) is 3. The Hall–Kier alpha value is -1.79. The minimum atomic E-state index is 0.192. The van der Waals surface area contributed by atoms with E-state index in [1.54, 1.807) is 7.11 Å². The van der Waals surface area contributed by atoms with Crippen molar-refractivity contribution >= 4 is 28.2 Å². The summed E-state index contributed by atoms with van der Waals surface area (Å²) in [7, 11) is 1.67. The van der Waals surface area contributed by atoms with Crippen molar-refractivity contribution in [2.75, 3.05) is 26.9 Å². The van der Waals surface area contributed by atoms with E-state index in [0.29, 0.717) is 18.3 Å². The van der Waals surface area contributed by atoms with E-state index in [2.05, 4.69) is 16.0 Å². The minimum absolute atomic E-state index is 0.192. The third-order valence-corrected chi connectivity index (χ3v) is 4.18. The molecule has 1 aliphatic heterocycles. The van der Waals surface area contributed by atoms with E-state index in [4.69, 9.17) is 27.4 Å². The van der Waals surface area contributed by atoms with Crippen LogP contribution in [0, 0.1) is 0 Å². The Morgan fingerprint density at radius 1 is 1.57 bits per heavy atom. The van der Waals surface area contributed by atoms with Crippen LogP contribution in [-0.4, -0.2) is 47.9 Å². The summed E-state index contributed by atoms with van der Waals surface area (Å²) in [6.07, 6.45) is 2.89. The van der Waals surface area contributed by atoms with Crippen molar-refractivity contribution in [1.82, 2.24) is 9.88 Å². The topological polar surface area (TPSA) is 63.5 Å². The number of ether oxygens (including phenoxy) is 2. The molecule has 3 rings (SSSR count). The number of rotatable bonds is 3. The van der Waals surface area contributed by atoms with Crippen molar-refractivity contribution < 1.29 is 9.47 Å². The van der Waals surface area contributed by atoms with Crippen LogP contribution in [0.5, 0.6) is 5.75 Å². The summed E-state index contributed by atoms with van der Waals surface area (Å²) in [5, 5.41) is 1.65. The van der Waals surface area contributed by atoms with E-state index in [9.17, 15) is 0 Å². The van der Waals surface area contributed by atoms with Crippen LogP contribution in [0.4, 0.5) is 0 Å². The van der Waals surface area contributed by atoms with Crippen LogP contribution < -0.4 is 10.5 Å². The first-order chi connectivity index (χ1) is 10.2. The second-order valence-electron chi connectivity index (χ2n) is 5.19. The van der Waals surface area contributed by atoms with E-state index in [0.717, 1.165) is 24.2 Å². The first kappa shape index (κ1) is 14.2. The predicted octanol–water partition coefficient (Wildman–Crippen LogP) is 1.66. The lowest BCUT2D eigenvalue weighted by Gasteiger charge is -2.36. The molecule has 0 aliphatic carbocycles. The van der Waals surface area contributed by atoms with E-state index < -0.39 is 0 Å². The fourth-order valence-corrected chi connectivity index (χ4v) is 3.07. The first-order valence-electron chi connectivity index (χ1n) is 6.97. The molecule has 21 heavy (non-hydrogen) atoms. The fraction of sp³-hybridized carbons (Fsp3) is 0.400. The Balaban J connectivity index is 1.85. The highest BCUT2D eigenvalue weighted by atomic mass is 32.1. The molecule has 3 N–H and O–H groups in total. The first-order valence-corrected chi connectivity index (χ1v) is 7.37. The molecule has 1 fully saturated rings. The number of thiocarbonyl (C=S) groups is 1. The number of fused-ring (bicyclic) bond motifs is 1.